The molecule has 1 aliphatic heterocycles. The van der Waals surface area contributed by atoms with Crippen LogP contribution in [-0.2, 0) is 9.57 Å². The molecule has 0 aromatic heterocycles. The second-order valence-electron chi connectivity index (χ2n) is 3.87. The summed E-state index contributed by atoms with van der Waals surface area (Å²) < 4.78 is 16.0. The molecule has 1 aliphatic rings. The second kappa shape index (κ2) is 7.20. The molecule has 0 aliphatic carbocycles. The van der Waals surface area contributed by atoms with Gasteiger partial charge in [0.2, 0.25) is 0 Å². The highest BCUT2D eigenvalue weighted by Crippen LogP contribution is 2.25. The summed E-state index contributed by atoms with van der Waals surface area (Å²) in [5.74, 6) is 1.48. The molecule has 0 amide bonds. The van der Waals surface area contributed by atoms with Gasteiger partial charge in [0.05, 0.1) is 20.3 Å². The Bertz CT molecular complexity index is 353. The van der Waals surface area contributed by atoms with Crippen LogP contribution in [0.4, 0.5) is 0 Å². The first-order valence-corrected chi connectivity index (χ1v) is 6.11. The minimum Gasteiger partial charge on any atom is -0.493 e. The van der Waals surface area contributed by atoms with Crippen molar-refractivity contribution in [2.45, 2.75) is 0 Å². The van der Waals surface area contributed by atoms with E-state index in [1.165, 1.54) is 0 Å². The molecule has 1 heterocycles. The molecular formula is C13H19NO4. The summed E-state index contributed by atoms with van der Waals surface area (Å²) in [4.78, 5) is 5.57. The first kappa shape index (κ1) is 13.1. The molecule has 1 aromatic carbocycles. The number of methoxy groups -OCH3 is 1. The second-order valence-corrected chi connectivity index (χ2v) is 3.87. The van der Waals surface area contributed by atoms with Crippen molar-refractivity contribution < 1.29 is 19.0 Å². The molecule has 0 N–H and O–H groups in total. The molecule has 18 heavy (non-hydrogen) atoms. The van der Waals surface area contributed by atoms with Gasteiger partial charge in [-0.25, -0.2) is 0 Å². The molecular weight excluding hydrogens is 234 g/mol. The number of benzene rings is 1. The third-order valence-electron chi connectivity index (χ3n) is 2.65. The van der Waals surface area contributed by atoms with Gasteiger partial charge in [0.1, 0.15) is 13.2 Å². The average Bonchev–Trinajstić information content (AvgIpc) is 2.45. The summed E-state index contributed by atoms with van der Waals surface area (Å²) in [6.07, 6.45) is 0. The summed E-state index contributed by atoms with van der Waals surface area (Å²) in [7, 11) is 1.63. The molecule has 1 saturated heterocycles. The van der Waals surface area contributed by atoms with Crippen LogP contribution in [0.3, 0.4) is 0 Å². The Morgan fingerprint density at radius 1 is 1.11 bits per heavy atom. The molecule has 5 nitrogen and oxygen atoms in total. The number of ether oxygens (including phenoxy) is 3. The minimum absolute atomic E-state index is 0.498. The maximum Gasteiger partial charge on any atom is 0.161 e. The van der Waals surface area contributed by atoms with Crippen LogP contribution >= 0.6 is 0 Å². The molecule has 1 aromatic rings. The van der Waals surface area contributed by atoms with Gasteiger partial charge in [-0.05, 0) is 12.1 Å². The van der Waals surface area contributed by atoms with E-state index < -0.39 is 0 Å². The highest BCUT2D eigenvalue weighted by atomic mass is 16.7. The number of nitrogens with zero attached hydrogens (tertiary/aromatic N) is 1. The van der Waals surface area contributed by atoms with Gasteiger partial charge in [0.25, 0.3) is 0 Å². The SMILES string of the molecule is COc1ccccc1OCCON1CCOCC1. The Labute approximate surface area is 107 Å². The standard InChI is InChI=1S/C13H19NO4/c1-15-12-4-2-3-5-13(12)17-10-11-18-14-6-8-16-9-7-14/h2-5H,6-11H2,1H3. The van der Waals surface area contributed by atoms with Crippen LogP contribution in [0.1, 0.15) is 0 Å². The zero-order valence-corrected chi connectivity index (χ0v) is 10.6. The van der Waals surface area contributed by atoms with E-state index >= 15 is 0 Å². The fraction of sp³-hybridized carbons (Fsp3) is 0.538. The maximum absolute atomic E-state index is 5.61. The van der Waals surface area contributed by atoms with Crippen molar-refractivity contribution in [2.24, 2.45) is 0 Å². The predicted octanol–water partition coefficient (Wildman–Crippen LogP) is 1.34. The third-order valence-corrected chi connectivity index (χ3v) is 2.65. The number of para-hydroxylation sites is 2. The fourth-order valence-corrected chi connectivity index (χ4v) is 1.73. The van der Waals surface area contributed by atoms with Crippen molar-refractivity contribution in [3.05, 3.63) is 24.3 Å². The van der Waals surface area contributed by atoms with Crippen LogP contribution in [0.15, 0.2) is 24.3 Å². The van der Waals surface area contributed by atoms with Gasteiger partial charge < -0.3 is 14.2 Å². The maximum atomic E-state index is 5.61. The molecule has 0 radical (unpaired) electrons. The van der Waals surface area contributed by atoms with Gasteiger partial charge in [0.15, 0.2) is 11.5 Å². The summed E-state index contributed by atoms with van der Waals surface area (Å²) >= 11 is 0. The van der Waals surface area contributed by atoms with Crippen LogP contribution in [0, 0.1) is 0 Å². The van der Waals surface area contributed by atoms with Gasteiger partial charge in [-0.15, -0.1) is 0 Å². The Kier molecular flexibility index (Phi) is 5.26. The summed E-state index contributed by atoms with van der Waals surface area (Å²) in [6.45, 7) is 4.11. The number of morpholine rings is 1. The zero-order valence-electron chi connectivity index (χ0n) is 10.6. The van der Waals surface area contributed by atoms with Crippen LogP contribution in [0.25, 0.3) is 0 Å². The molecule has 0 bridgehead atoms. The van der Waals surface area contributed by atoms with E-state index in [9.17, 15) is 0 Å². The van der Waals surface area contributed by atoms with E-state index in [4.69, 9.17) is 19.0 Å². The van der Waals surface area contributed by atoms with Crippen molar-refractivity contribution in [1.29, 1.82) is 0 Å². The predicted molar refractivity (Wildman–Crippen MR) is 66.8 cm³/mol. The first-order valence-electron chi connectivity index (χ1n) is 6.11. The lowest BCUT2D eigenvalue weighted by Gasteiger charge is -2.25. The van der Waals surface area contributed by atoms with Gasteiger partial charge in [-0.1, -0.05) is 12.1 Å². The van der Waals surface area contributed by atoms with Gasteiger partial charge in [-0.3, -0.25) is 4.84 Å². The van der Waals surface area contributed by atoms with Gasteiger partial charge >= 0.3 is 0 Å². The molecule has 5 heteroatoms. The van der Waals surface area contributed by atoms with Crippen molar-refractivity contribution >= 4 is 0 Å². The van der Waals surface area contributed by atoms with E-state index in [-0.39, 0.29) is 0 Å². The average molecular weight is 253 g/mol. The molecule has 1 fully saturated rings. The Morgan fingerprint density at radius 2 is 1.83 bits per heavy atom. The number of rotatable bonds is 6. The normalized spacial score (nSPS) is 16.5. The molecule has 2 rings (SSSR count). The fourth-order valence-electron chi connectivity index (χ4n) is 1.73. The van der Waals surface area contributed by atoms with E-state index in [2.05, 4.69) is 0 Å². The lowest BCUT2D eigenvalue weighted by atomic mass is 10.3. The topological polar surface area (TPSA) is 40.2 Å². The Morgan fingerprint density at radius 3 is 2.56 bits per heavy atom. The van der Waals surface area contributed by atoms with Gasteiger partial charge in [0, 0.05) is 13.1 Å². The molecule has 0 atom stereocenters. The molecule has 100 valence electrons. The lowest BCUT2D eigenvalue weighted by molar-refractivity contribution is -0.197. The first-order chi connectivity index (χ1) is 8.90. The van der Waals surface area contributed by atoms with Crippen molar-refractivity contribution in [1.82, 2.24) is 5.06 Å². The summed E-state index contributed by atoms with van der Waals surface area (Å²) in [5, 5.41) is 1.91. The van der Waals surface area contributed by atoms with E-state index in [1.54, 1.807) is 7.11 Å². The number of hydrogen-bond acceptors (Lipinski definition) is 5. The summed E-state index contributed by atoms with van der Waals surface area (Å²) in [6, 6.07) is 7.59. The van der Waals surface area contributed by atoms with Crippen molar-refractivity contribution in [2.75, 3.05) is 46.6 Å². The van der Waals surface area contributed by atoms with Crippen molar-refractivity contribution in [3.8, 4) is 11.5 Å². The third kappa shape index (κ3) is 3.87. The van der Waals surface area contributed by atoms with Crippen molar-refractivity contribution in [3.63, 3.8) is 0 Å². The molecule has 0 saturated carbocycles. The van der Waals surface area contributed by atoms with Crippen LogP contribution in [0.2, 0.25) is 0 Å². The minimum atomic E-state index is 0.498. The highest BCUT2D eigenvalue weighted by Gasteiger charge is 2.10. The summed E-state index contributed by atoms with van der Waals surface area (Å²) in [5.41, 5.74) is 0. The lowest BCUT2D eigenvalue weighted by Crippen LogP contribution is -2.37. The van der Waals surface area contributed by atoms with E-state index in [0.29, 0.717) is 13.2 Å². The Balaban J connectivity index is 1.68. The van der Waals surface area contributed by atoms with E-state index in [0.717, 1.165) is 37.8 Å². The van der Waals surface area contributed by atoms with E-state index in [1.807, 2.05) is 29.3 Å². The quantitative estimate of drug-likeness (QED) is 0.715. The molecule has 0 spiro atoms. The highest BCUT2D eigenvalue weighted by molar-refractivity contribution is 5.39. The monoisotopic (exact) mass is 253 g/mol. The van der Waals surface area contributed by atoms with Gasteiger partial charge in [-0.2, -0.15) is 5.06 Å². The molecule has 0 unspecified atom stereocenters. The van der Waals surface area contributed by atoms with Crippen LogP contribution in [0.5, 0.6) is 11.5 Å². The number of hydroxylamine groups is 2. The van der Waals surface area contributed by atoms with Crippen LogP contribution < -0.4 is 9.47 Å². The number of hydrogen-bond donors (Lipinski definition) is 0. The van der Waals surface area contributed by atoms with Crippen LogP contribution in [-0.4, -0.2) is 51.7 Å². The zero-order chi connectivity index (χ0) is 12.6. The largest absolute Gasteiger partial charge is 0.493 e. The smallest absolute Gasteiger partial charge is 0.161 e. The Hall–Kier alpha value is -1.30.